The molecule has 2 N–H and O–H groups in total. The summed E-state index contributed by atoms with van der Waals surface area (Å²) in [6, 6.07) is 6.53. The fourth-order valence-corrected chi connectivity index (χ4v) is 3.92. The molecule has 1 aliphatic rings. The molecular weight excluding hydrogens is 344 g/mol. The molecule has 0 radical (unpaired) electrons. The van der Waals surface area contributed by atoms with Gasteiger partial charge in [-0.15, -0.1) is 11.3 Å². The number of nitrogens with zero attached hydrogens (tertiary/aromatic N) is 4. The second-order valence-electron chi connectivity index (χ2n) is 6.54. The average Bonchev–Trinajstić information content (AvgIpc) is 2.99. The van der Waals surface area contributed by atoms with Crippen LogP contribution in [0.4, 0.5) is 5.82 Å². The molecule has 0 aromatic carbocycles. The third kappa shape index (κ3) is 4.94. The van der Waals surface area contributed by atoms with Crippen molar-refractivity contribution in [2.75, 3.05) is 24.5 Å². The van der Waals surface area contributed by atoms with Crippen LogP contribution in [0.5, 0.6) is 0 Å². The molecule has 3 heterocycles. The van der Waals surface area contributed by atoms with E-state index >= 15 is 0 Å². The van der Waals surface area contributed by atoms with Crippen LogP contribution in [0.2, 0.25) is 0 Å². The molecule has 1 saturated heterocycles. The lowest BCUT2D eigenvalue weighted by Gasteiger charge is -2.33. The predicted octanol–water partition coefficient (Wildman–Crippen LogP) is 2.88. The zero-order chi connectivity index (χ0) is 18.4. The van der Waals surface area contributed by atoms with Crippen LogP contribution in [0.1, 0.15) is 35.3 Å². The number of aliphatic imine (C=N–C) groups is 1. The molecule has 0 saturated carbocycles. The molecule has 0 unspecified atom stereocenters. The van der Waals surface area contributed by atoms with Crippen molar-refractivity contribution in [3.63, 3.8) is 0 Å². The first kappa shape index (κ1) is 18.6. The van der Waals surface area contributed by atoms with E-state index in [0.717, 1.165) is 55.0 Å². The Morgan fingerprint density at radius 1 is 1.31 bits per heavy atom. The summed E-state index contributed by atoms with van der Waals surface area (Å²) in [5.74, 6) is 1.95. The molecule has 0 amide bonds. The highest BCUT2D eigenvalue weighted by molar-refractivity contribution is 7.11. The predicted molar refractivity (Wildman–Crippen MR) is 109 cm³/mol. The SMILES string of the molecule is CCNC(=NCc1nc(C)c(C)s1)NC1CCN(c2ccccn2)CC1. The summed E-state index contributed by atoms with van der Waals surface area (Å²) >= 11 is 1.73. The summed E-state index contributed by atoms with van der Waals surface area (Å²) < 4.78 is 0. The minimum absolute atomic E-state index is 0.438. The number of piperidine rings is 1. The summed E-state index contributed by atoms with van der Waals surface area (Å²) in [6.45, 7) is 9.77. The molecule has 0 bridgehead atoms. The Balaban J connectivity index is 1.54. The number of anilines is 1. The highest BCUT2D eigenvalue weighted by Gasteiger charge is 2.20. The lowest BCUT2D eigenvalue weighted by Crippen LogP contribution is -2.48. The third-order valence-corrected chi connectivity index (χ3v) is 5.66. The number of aromatic nitrogens is 2. The van der Waals surface area contributed by atoms with Crippen molar-refractivity contribution in [3.05, 3.63) is 40.0 Å². The van der Waals surface area contributed by atoms with Gasteiger partial charge in [-0.05, 0) is 45.7 Å². The standard InChI is InChI=1S/C19H28N6S/c1-4-20-19(22-13-18-23-14(2)15(3)26-18)24-16-8-11-25(12-9-16)17-7-5-6-10-21-17/h5-7,10,16H,4,8-9,11-13H2,1-3H3,(H2,20,22,24). The van der Waals surface area contributed by atoms with Crippen molar-refractivity contribution < 1.29 is 0 Å². The zero-order valence-electron chi connectivity index (χ0n) is 15.8. The van der Waals surface area contributed by atoms with Gasteiger partial charge in [0.15, 0.2) is 5.96 Å². The number of hydrogen-bond donors (Lipinski definition) is 2. The summed E-state index contributed by atoms with van der Waals surface area (Å²) in [7, 11) is 0. The van der Waals surface area contributed by atoms with Gasteiger partial charge >= 0.3 is 0 Å². The molecule has 0 aliphatic carbocycles. The Morgan fingerprint density at radius 2 is 2.12 bits per heavy atom. The van der Waals surface area contributed by atoms with Crippen LogP contribution in [-0.4, -0.2) is 41.6 Å². The van der Waals surface area contributed by atoms with E-state index in [2.05, 4.69) is 52.3 Å². The van der Waals surface area contributed by atoms with Crippen LogP contribution in [0.3, 0.4) is 0 Å². The second kappa shape index (κ2) is 8.98. The molecule has 26 heavy (non-hydrogen) atoms. The summed E-state index contributed by atoms with van der Waals surface area (Å²) in [4.78, 5) is 17.4. The van der Waals surface area contributed by atoms with Crippen LogP contribution >= 0.6 is 11.3 Å². The van der Waals surface area contributed by atoms with Gasteiger partial charge in [0, 0.05) is 36.8 Å². The number of hydrogen-bond acceptors (Lipinski definition) is 5. The molecule has 6 nitrogen and oxygen atoms in total. The maximum absolute atomic E-state index is 4.73. The van der Waals surface area contributed by atoms with Crippen molar-refractivity contribution in [2.45, 2.75) is 46.2 Å². The summed E-state index contributed by atoms with van der Waals surface area (Å²) in [5, 5.41) is 8.01. The van der Waals surface area contributed by atoms with Crippen LogP contribution < -0.4 is 15.5 Å². The zero-order valence-corrected chi connectivity index (χ0v) is 16.6. The number of rotatable bonds is 5. The van der Waals surface area contributed by atoms with Gasteiger partial charge in [0.05, 0.1) is 12.2 Å². The van der Waals surface area contributed by atoms with Crippen molar-refractivity contribution in [2.24, 2.45) is 4.99 Å². The average molecular weight is 373 g/mol. The van der Waals surface area contributed by atoms with Gasteiger partial charge in [0.1, 0.15) is 10.8 Å². The molecule has 0 atom stereocenters. The van der Waals surface area contributed by atoms with Gasteiger partial charge in [-0.2, -0.15) is 0 Å². The Labute approximate surface area is 159 Å². The van der Waals surface area contributed by atoms with E-state index in [9.17, 15) is 0 Å². The lowest BCUT2D eigenvalue weighted by molar-refractivity contribution is 0.459. The lowest BCUT2D eigenvalue weighted by atomic mass is 10.1. The van der Waals surface area contributed by atoms with E-state index in [1.54, 1.807) is 11.3 Å². The molecule has 1 fully saturated rings. The fraction of sp³-hybridized carbons (Fsp3) is 0.526. The molecular formula is C19H28N6S. The second-order valence-corrected chi connectivity index (χ2v) is 7.83. The summed E-state index contributed by atoms with van der Waals surface area (Å²) in [5.41, 5.74) is 1.11. The minimum Gasteiger partial charge on any atom is -0.357 e. The van der Waals surface area contributed by atoms with E-state index in [-0.39, 0.29) is 0 Å². The Bertz CT molecular complexity index is 699. The number of pyridine rings is 1. The van der Waals surface area contributed by atoms with Crippen molar-refractivity contribution in [3.8, 4) is 0 Å². The first-order chi connectivity index (χ1) is 12.7. The Hall–Kier alpha value is -2.15. The monoisotopic (exact) mass is 372 g/mol. The first-order valence-electron chi connectivity index (χ1n) is 9.29. The number of nitrogens with one attached hydrogen (secondary N) is 2. The molecule has 2 aromatic heterocycles. The highest BCUT2D eigenvalue weighted by Crippen LogP contribution is 2.18. The molecule has 1 aliphatic heterocycles. The van der Waals surface area contributed by atoms with Gasteiger partial charge in [-0.25, -0.2) is 15.0 Å². The third-order valence-electron chi connectivity index (χ3n) is 4.60. The maximum atomic E-state index is 4.73. The van der Waals surface area contributed by atoms with E-state index < -0.39 is 0 Å². The Kier molecular flexibility index (Phi) is 6.44. The van der Waals surface area contributed by atoms with Gasteiger partial charge < -0.3 is 15.5 Å². The van der Waals surface area contributed by atoms with Crippen molar-refractivity contribution in [1.82, 2.24) is 20.6 Å². The van der Waals surface area contributed by atoms with Crippen molar-refractivity contribution in [1.29, 1.82) is 0 Å². The fourth-order valence-electron chi connectivity index (χ4n) is 3.06. The normalized spacial score (nSPS) is 16.0. The van der Waals surface area contributed by atoms with Crippen LogP contribution in [-0.2, 0) is 6.54 Å². The van der Waals surface area contributed by atoms with E-state index in [0.29, 0.717) is 12.6 Å². The van der Waals surface area contributed by atoms with Gasteiger partial charge in [0.25, 0.3) is 0 Å². The maximum Gasteiger partial charge on any atom is 0.191 e. The van der Waals surface area contributed by atoms with Gasteiger partial charge in [0.2, 0.25) is 0 Å². The molecule has 3 rings (SSSR count). The number of aryl methyl sites for hydroxylation is 2. The van der Waals surface area contributed by atoms with Crippen LogP contribution in [0.15, 0.2) is 29.4 Å². The van der Waals surface area contributed by atoms with E-state index in [1.165, 1.54) is 4.88 Å². The van der Waals surface area contributed by atoms with Crippen LogP contribution in [0, 0.1) is 13.8 Å². The Morgan fingerprint density at radius 3 is 2.73 bits per heavy atom. The smallest absolute Gasteiger partial charge is 0.191 e. The van der Waals surface area contributed by atoms with E-state index in [1.807, 2.05) is 18.3 Å². The number of thiazole rings is 1. The van der Waals surface area contributed by atoms with Crippen molar-refractivity contribution >= 4 is 23.1 Å². The van der Waals surface area contributed by atoms with Gasteiger partial charge in [-0.1, -0.05) is 6.07 Å². The summed E-state index contributed by atoms with van der Waals surface area (Å²) in [6.07, 6.45) is 4.02. The largest absolute Gasteiger partial charge is 0.357 e. The molecule has 7 heteroatoms. The molecule has 140 valence electrons. The quantitative estimate of drug-likeness (QED) is 0.624. The van der Waals surface area contributed by atoms with Gasteiger partial charge in [-0.3, -0.25) is 0 Å². The minimum atomic E-state index is 0.438. The highest BCUT2D eigenvalue weighted by atomic mass is 32.1. The van der Waals surface area contributed by atoms with Crippen LogP contribution in [0.25, 0.3) is 0 Å². The molecule has 2 aromatic rings. The van der Waals surface area contributed by atoms with E-state index in [4.69, 9.17) is 4.99 Å². The topological polar surface area (TPSA) is 65.4 Å². The first-order valence-corrected chi connectivity index (χ1v) is 10.1. The molecule has 0 spiro atoms. The number of guanidine groups is 1.